The Bertz CT molecular complexity index is 418. The van der Waals surface area contributed by atoms with E-state index in [1.807, 2.05) is 0 Å². The summed E-state index contributed by atoms with van der Waals surface area (Å²) in [4.78, 5) is 15.1. The van der Waals surface area contributed by atoms with Crippen LogP contribution in [0.25, 0.3) is 0 Å². The number of pyridine rings is 1. The van der Waals surface area contributed by atoms with Gasteiger partial charge in [0.2, 0.25) is 0 Å². The highest BCUT2D eigenvalue weighted by Gasteiger charge is 1.99. The standard InChI is InChI=1S/C12H13NO3/c1-3-16-12(14)8-4-6-10-11(15-2)7-5-9-13-10/h5,7,9H,3,8H2,1-2H3. The van der Waals surface area contributed by atoms with Gasteiger partial charge in [-0.2, -0.15) is 0 Å². The van der Waals surface area contributed by atoms with Crippen molar-refractivity contribution in [3.05, 3.63) is 24.0 Å². The van der Waals surface area contributed by atoms with Crippen molar-refractivity contribution in [1.29, 1.82) is 0 Å². The van der Waals surface area contributed by atoms with Crippen LogP contribution in [0.5, 0.6) is 5.75 Å². The molecule has 0 saturated carbocycles. The van der Waals surface area contributed by atoms with E-state index in [1.165, 1.54) is 0 Å². The molecule has 0 aliphatic heterocycles. The Balaban J connectivity index is 2.66. The van der Waals surface area contributed by atoms with Crippen LogP contribution in [0, 0.1) is 11.8 Å². The number of esters is 1. The number of aromatic nitrogens is 1. The molecule has 0 aliphatic carbocycles. The molecule has 1 rings (SSSR count). The van der Waals surface area contributed by atoms with E-state index < -0.39 is 0 Å². The highest BCUT2D eigenvalue weighted by molar-refractivity contribution is 5.72. The van der Waals surface area contributed by atoms with Gasteiger partial charge in [0.1, 0.15) is 6.42 Å². The molecule has 4 heteroatoms. The van der Waals surface area contributed by atoms with Crippen molar-refractivity contribution in [3.63, 3.8) is 0 Å². The highest BCUT2D eigenvalue weighted by atomic mass is 16.5. The van der Waals surface area contributed by atoms with Crippen molar-refractivity contribution in [1.82, 2.24) is 4.98 Å². The summed E-state index contributed by atoms with van der Waals surface area (Å²) in [5, 5.41) is 0. The van der Waals surface area contributed by atoms with Crippen LogP contribution in [0.1, 0.15) is 19.0 Å². The maximum Gasteiger partial charge on any atom is 0.317 e. The van der Waals surface area contributed by atoms with Crippen LogP contribution in [0.4, 0.5) is 0 Å². The summed E-state index contributed by atoms with van der Waals surface area (Å²) in [5.74, 6) is 5.73. The molecule has 0 bridgehead atoms. The molecule has 0 radical (unpaired) electrons. The molecular weight excluding hydrogens is 206 g/mol. The second-order valence-electron chi connectivity index (χ2n) is 2.84. The molecule has 0 amide bonds. The monoisotopic (exact) mass is 219 g/mol. The van der Waals surface area contributed by atoms with Crippen molar-refractivity contribution < 1.29 is 14.3 Å². The molecule has 0 aliphatic rings. The van der Waals surface area contributed by atoms with Gasteiger partial charge in [0.15, 0.2) is 11.4 Å². The van der Waals surface area contributed by atoms with Crippen molar-refractivity contribution in [2.75, 3.05) is 13.7 Å². The highest BCUT2D eigenvalue weighted by Crippen LogP contribution is 2.12. The van der Waals surface area contributed by atoms with Crippen molar-refractivity contribution in [3.8, 4) is 17.6 Å². The summed E-state index contributed by atoms with van der Waals surface area (Å²) in [6, 6.07) is 3.52. The predicted molar refractivity (Wildman–Crippen MR) is 58.9 cm³/mol. The van der Waals surface area contributed by atoms with Crippen molar-refractivity contribution in [2.24, 2.45) is 0 Å². The number of hydrogen-bond donors (Lipinski definition) is 0. The average Bonchev–Trinajstić information content (AvgIpc) is 2.30. The third kappa shape index (κ3) is 3.62. The molecule has 84 valence electrons. The summed E-state index contributed by atoms with van der Waals surface area (Å²) in [5.41, 5.74) is 0.522. The van der Waals surface area contributed by atoms with Crippen molar-refractivity contribution >= 4 is 5.97 Å². The average molecular weight is 219 g/mol. The van der Waals surface area contributed by atoms with Gasteiger partial charge in [0.25, 0.3) is 0 Å². The molecule has 0 N–H and O–H groups in total. The zero-order valence-electron chi connectivity index (χ0n) is 9.32. The molecule has 1 heterocycles. The zero-order valence-corrected chi connectivity index (χ0v) is 9.32. The summed E-state index contributed by atoms with van der Waals surface area (Å²) >= 11 is 0. The molecular formula is C12H13NO3. The fourth-order valence-corrected chi connectivity index (χ4v) is 1.06. The van der Waals surface area contributed by atoms with Crippen LogP contribution in [0.3, 0.4) is 0 Å². The minimum Gasteiger partial charge on any atom is -0.494 e. The molecule has 4 nitrogen and oxygen atoms in total. The molecule has 0 spiro atoms. The SMILES string of the molecule is CCOC(=O)CC#Cc1ncccc1OC. The van der Waals surface area contributed by atoms with E-state index >= 15 is 0 Å². The first-order valence-electron chi connectivity index (χ1n) is 4.91. The maximum atomic E-state index is 11.0. The fourth-order valence-electron chi connectivity index (χ4n) is 1.06. The lowest BCUT2D eigenvalue weighted by Gasteiger charge is -1.99. The molecule has 1 aromatic heterocycles. The van der Waals surface area contributed by atoms with E-state index in [1.54, 1.807) is 32.4 Å². The van der Waals surface area contributed by atoms with E-state index in [0.29, 0.717) is 18.1 Å². The Hall–Kier alpha value is -2.02. The quantitative estimate of drug-likeness (QED) is 0.569. The number of methoxy groups -OCH3 is 1. The lowest BCUT2D eigenvalue weighted by molar-refractivity contribution is -0.141. The van der Waals surface area contributed by atoms with Gasteiger partial charge in [-0.1, -0.05) is 5.92 Å². The Kier molecular flexibility index (Phi) is 4.87. The van der Waals surface area contributed by atoms with Crippen LogP contribution in [0.2, 0.25) is 0 Å². The fraction of sp³-hybridized carbons (Fsp3) is 0.333. The summed E-state index contributed by atoms with van der Waals surface area (Å²) in [6.07, 6.45) is 1.68. The molecule has 0 unspecified atom stereocenters. The Morgan fingerprint density at radius 1 is 1.56 bits per heavy atom. The third-order valence-electron chi connectivity index (χ3n) is 1.74. The van der Waals surface area contributed by atoms with Crippen LogP contribution >= 0.6 is 0 Å². The number of carbonyl (C=O) groups is 1. The maximum absolute atomic E-state index is 11.0. The molecule has 0 fully saturated rings. The normalized spacial score (nSPS) is 8.88. The minimum atomic E-state index is -0.329. The zero-order chi connectivity index (χ0) is 11.8. The molecule has 0 aromatic carbocycles. The number of carbonyl (C=O) groups excluding carboxylic acids is 1. The number of ether oxygens (including phenoxy) is 2. The molecule has 1 aromatic rings. The molecule has 16 heavy (non-hydrogen) atoms. The van der Waals surface area contributed by atoms with Gasteiger partial charge in [0, 0.05) is 6.20 Å². The van der Waals surface area contributed by atoms with E-state index in [2.05, 4.69) is 16.8 Å². The van der Waals surface area contributed by atoms with Gasteiger partial charge in [0.05, 0.1) is 13.7 Å². The Labute approximate surface area is 94.6 Å². The van der Waals surface area contributed by atoms with Gasteiger partial charge in [-0.15, -0.1) is 0 Å². The largest absolute Gasteiger partial charge is 0.494 e. The lowest BCUT2D eigenvalue weighted by Crippen LogP contribution is -2.01. The van der Waals surface area contributed by atoms with Gasteiger partial charge in [-0.05, 0) is 25.0 Å². The number of hydrogen-bond acceptors (Lipinski definition) is 4. The molecule has 0 saturated heterocycles. The topological polar surface area (TPSA) is 48.4 Å². The van der Waals surface area contributed by atoms with Gasteiger partial charge < -0.3 is 9.47 Å². The summed E-state index contributed by atoms with van der Waals surface area (Å²) in [6.45, 7) is 2.13. The first kappa shape index (κ1) is 12.1. The second-order valence-corrected chi connectivity index (χ2v) is 2.84. The summed E-state index contributed by atoms with van der Waals surface area (Å²) in [7, 11) is 1.55. The summed E-state index contributed by atoms with van der Waals surface area (Å²) < 4.78 is 9.81. The van der Waals surface area contributed by atoms with E-state index in [0.717, 1.165) is 0 Å². The smallest absolute Gasteiger partial charge is 0.317 e. The number of nitrogens with zero attached hydrogens (tertiary/aromatic N) is 1. The van der Waals surface area contributed by atoms with E-state index in [-0.39, 0.29) is 12.4 Å². The molecule has 0 atom stereocenters. The first-order chi connectivity index (χ1) is 7.77. The van der Waals surface area contributed by atoms with Crippen LogP contribution < -0.4 is 4.74 Å². The van der Waals surface area contributed by atoms with E-state index in [9.17, 15) is 4.79 Å². The van der Waals surface area contributed by atoms with Crippen LogP contribution in [-0.2, 0) is 9.53 Å². The first-order valence-corrected chi connectivity index (χ1v) is 4.91. The second kappa shape index (κ2) is 6.46. The van der Waals surface area contributed by atoms with E-state index in [4.69, 9.17) is 9.47 Å². The van der Waals surface area contributed by atoms with Crippen LogP contribution in [-0.4, -0.2) is 24.7 Å². The minimum absolute atomic E-state index is 0.0631. The Morgan fingerprint density at radius 3 is 3.06 bits per heavy atom. The third-order valence-corrected chi connectivity index (χ3v) is 1.74. The predicted octanol–water partition coefficient (Wildman–Crippen LogP) is 1.39. The van der Waals surface area contributed by atoms with Gasteiger partial charge in [-0.3, -0.25) is 4.79 Å². The van der Waals surface area contributed by atoms with Crippen molar-refractivity contribution in [2.45, 2.75) is 13.3 Å². The lowest BCUT2D eigenvalue weighted by atomic mass is 10.3. The Morgan fingerprint density at radius 2 is 2.38 bits per heavy atom. The number of rotatable bonds is 3. The van der Waals surface area contributed by atoms with Crippen LogP contribution in [0.15, 0.2) is 18.3 Å². The van der Waals surface area contributed by atoms with Gasteiger partial charge in [-0.25, -0.2) is 4.98 Å². The van der Waals surface area contributed by atoms with Gasteiger partial charge >= 0.3 is 5.97 Å².